The van der Waals surface area contributed by atoms with Crippen molar-refractivity contribution in [1.29, 1.82) is 0 Å². The van der Waals surface area contributed by atoms with Gasteiger partial charge in [-0.2, -0.15) is 0 Å². The molecule has 2 heterocycles. The second kappa shape index (κ2) is 6.81. The highest BCUT2D eigenvalue weighted by Crippen LogP contribution is 2.28. The molecular weight excluding hydrogens is 260 g/mol. The van der Waals surface area contributed by atoms with E-state index in [-0.39, 0.29) is 0 Å². The van der Waals surface area contributed by atoms with Gasteiger partial charge in [0.2, 0.25) is 0 Å². The summed E-state index contributed by atoms with van der Waals surface area (Å²) in [5.41, 5.74) is 2.82. The molecule has 0 amide bonds. The van der Waals surface area contributed by atoms with E-state index in [9.17, 15) is 0 Å². The van der Waals surface area contributed by atoms with Gasteiger partial charge in [-0.05, 0) is 49.6 Å². The maximum absolute atomic E-state index is 5.94. The van der Waals surface area contributed by atoms with Crippen LogP contribution in [0.4, 0.5) is 5.69 Å². The third kappa shape index (κ3) is 3.48. The van der Waals surface area contributed by atoms with Crippen LogP contribution in [0.2, 0.25) is 0 Å². The third-order valence-electron chi connectivity index (χ3n) is 4.00. The quantitative estimate of drug-likeness (QED) is 0.819. The lowest BCUT2D eigenvalue weighted by Crippen LogP contribution is -2.28. The Balaban J connectivity index is 1.65. The summed E-state index contributed by atoms with van der Waals surface area (Å²) in [6.07, 6.45) is 3.57. The van der Waals surface area contributed by atoms with Crippen LogP contribution in [-0.4, -0.2) is 13.1 Å². The minimum absolute atomic E-state index is 0.824. The lowest BCUT2D eigenvalue weighted by Gasteiger charge is -2.30. The van der Waals surface area contributed by atoms with E-state index in [4.69, 9.17) is 4.42 Å². The van der Waals surface area contributed by atoms with E-state index in [1.165, 1.54) is 24.1 Å². The summed E-state index contributed by atoms with van der Waals surface area (Å²) in [6, 6.07) is 12.9. The number of nitrogens with zero attached hydrogens (tertiary/aromatic N) is 1. The summed E-state index contributed by atoms with van der Waals surface area (Å²) in [4.78, 5) is 2.43. The first-order chi connectivity index (χ1) is 10.4. The molecule has 0 unspecified atom stereocenters. The predicted octanol–water partition coefficient (Wildman–Crippen LogP) is 3.73. The summed E-state index contributed by atoms with van der Waals surface area (Å²) in [7, 11) is 0. The van der Waals surface area contributed by atoms with Gasteiger partial charge in [0.1, 0.15) is 11.5 Å². The molecule has 0 saturated heterocycles. The summed E-state index contributed by atoms with van der Waals surface area (Å²) in [5, 5.41) is 3.38. The molecule has 3 nitrogen and oxygen atoms in total. The van der Waals surface area contributed by atoms with Crippen LogP contribution in [0.5, 0.6) is 0 Å². The first-order valence-electron chi connectivity index (χ1n) is 7.98. The zero-order valence-corrected chi connectivity index (χ0v) is 12.8. The number of hydrogen-bond donors (Lipinski definition) is 1. The molecule has 3 heteroatoms. The molecule has 3 rings (SSSR count). The number of benzene rings is 1. The number of furan rings is 1. The Morgan fingerprint density at radius 1 is 1.14 bits per heavy atom. The van der Waals surface area contributed by atoms with Gasteiger partial charge in [0.15, 0.2) is 0 Å². The lowest BCUT2D eigenvalue weighted by atomic mass is 10.0. The van der Waals surface area contributed by atoms with Crippen molar-refractivity contribution in [2.45, 2.75) is 39.3 Å². The van der Waals surface area contributed by atoms with Gasteiger partial charge < -0.3 is 14.6 Å². The van der Waals surface area contributed by atoms with Crippen LogP contribution >= 0.6 is 0 Å². The molecule has 21 heavy (non-hydrogen) atoms. The van der Waals surface area contributed by atoms with Crippen molar-refractivity contribution < 1.29 is 4.42 Å². The van der Waals surface area contributed by atoms with Gasteiger partial charge in [-0.3, -0.25) is 0 Å². The summed E-state index contributed by atoms with van der Waals surface area (Å²) < 4.78 is 5.94. The Kier molecular flexibility index (Phi) is 4.61. The Morgan fingerprint density at radius 3 is 2.90 bits per heavy atom. The number of aryl methyl sites for hydroxylation is 1. The van der Waals surface area contributed by atoms with E-state index in [0.29, 0.717) is 0 Å². The molecule has 112 valence electrons. The molecule has 2 aromatic rings. The standard InChI is InChI=1S/C18H24N2O/c1-2-11-19-13-16-9-10-17(21-16)14-20-12-5-7-15-6-3-4-8-18(15)20/h3-4,6,8-10,19H,2,5,7,11-14H2,1H3. The van der Waals surface area contributed by atoms with E-state index in [1.807, 2.05) is 0 Å². The summed E-state index contributed by atoms with van der Waals surface area (Å²) >= 11 is 0. The van der Waals surface area contributed by atoms with Gasteiger partial charge in [0, 0.05) is 12.2 Å². The maximum atomic E-state index is 5.94. The van der Waals surface area contributed by atoms with E-state index in [1.54, 1.807) is 0 Å². The molecule has 1 aliphatic rings. The van der Waals surface area contributed by atoms with Gasteiger partial charge in [0.25, 0.3) is 0 Å². The second-order valence-corrected chi connectivity index (χ2v) is 5.70. The van der Waals surface area contributed by atoms with Crippen molar-refractivity contribution in [3.8, 4) is 0 Å². The molecule has 0 bridgehead atoms. The van der Waals surface area contributed by atoms with Crippen molar-refractivity contribution in [2.75, 3.05) is 18.0 Å². The molecule has 0 aliphatic carbocycles. The van der Waals surface area contributed by atoms with Crippen molar-refractivity contribution in [3.63, 3.8) is 0 Å². The molecule has 1 aliphatic heterocycles. The van der Waals surface area contributed by atoms with Crippen molar-refractivity contribution in [2.24, 2.45) is 0 Å². The minimum Gasteiger partial charge on any atom is -0.463 e. The highest BCUT2D eigenvalue weighted by Gasteiger charge is 2.17. The van der Waals surface area contributed by atoms with Crippen molar-refractivity contribution in [1.82, 2.24) is 5.32 Å². The summed E-state index contributed by atoms with van der Waals surface area (Å²) in [5.74, 6) is 2.09. The number of rotatable bonds is 6. The average Bonchev–Trinajstić information content (AvgIpc) is 2.96. The minimum atomic E-state index is 0.824. The van der Waals surface area contributed by atoms with Crippen LogP contribution < -0.4 is 10.2 Å². The van der Waals surface area contributed by atoms with Crippen molar-refractivity contribution in [3.05, 3.63) is 53.5 Å². The molecule has 0 fully saturated rings. The number of hydrogen-bond acceptors (Lipinski definition) is 3. The maximum Gasteiger partial charge on any atom is 0.123 e. The Morgan fingerprint density at radius 2 is 2.00 bits per heavy atom. The fourth-order valence-electron chi connectivity index (χ4n) is 2.95. The molecule has 1 N–H and O–H groups in total. The molecule has 0 atom stereocenters. The van der Waals surface area contributed by atoms with Gasteiger partial charge in [-0.1, -0.05) is 25.1 Å². The van der Waals surface area contributed by atoms with Crippen LogP contribution in [0.25, 0.3) is 0 Å². The van der Waals surface area contributed by atoms with E-state index < -0.39 is 0 Å². The zero-order valence-electron chi connectivity index (χ0n) is 12.8. The number of fused-ring (bicyclic) bond motifs is 1. The van der Waals surface area contributed by atoms with E-state index >= 15 is 0 Å². The van der Waals surface area contributed by atoms with Crippen LogP contribution in [-0.2, 0) is 19.5 Å². The number of nitrogens with one attached hydrogen (secondary N) is 1. The third-order valence-corrected chi connectivity index (χ3v) is 4.00. The van der Waals surface area contributed by atoms with Crippen LogP contribution in [0, 0.1) is 0 Å². The van der Waals surface area contributed by atoms with Crippen LogP contribution in [0.1, 0.15) is 36.8 Å². The molecule has 0 radical (unpaired) electrons. The monoisotopic (exact) mass is 284 g/mol. The van der Waals surface area contributed by atoms with Gasteiger partial charge >= 0.3 is 0 Å². The predicted molar refractivity (Wildman–Crippen MR) is 86.5 cm³/mol. The second-order valence-electron chi connectivity index (χ2n) is 5.70. The van der Waals surface area contributed by atoms with Crippen molar-refractivity contribution >= 4 is 5.69 Å². The Labute approximate surface area is 127 Å². The smallest absolute Gasteiger partial charge is 0.123 e. The van der Waals surface area contributed by atoms with E-state index in [0.717, 1.165) is 44.1 Å². The van der Waals surface area contributed by atoms with Crippen LogP contribution in [0.15, 0.2) is 40.8 Å². The first-order valence-corrected chi connectivity index (χ1v) is 7.98. The fraction of sp³-hybridized carbons (Fsp3) is 0.444. The molecule has 1 aromatic carbocycles. The summed E-state index contributed by atoms with van der Waals surface area (Å²) in [6.45, 7) is 6.01. The van der Waals surface area contributed by atoms with Gasteiger partial charge in [0.05, 0.1) is 13.1 Å². The normalized spacial score (nSPS) is 14.2. The molecule has 0 spiro atoms. The highest BCUT2D eigenvalue weighted by atomic mass is 16.3. The fourth-order valence-corrected chi connectivity index (χ4v) is 2.95. The molecule has 0 saturated carbocycles. The average molecular weight is 284 g/mol. The Hall–Kier alpha value is -1.74. The highest BCUT2D eigenvalue weighted by molar-refractivity contribution is 5.55. The van der Waals surface area contributed by atoms with E-state index in [2.05, 4.69) is 53.5 Å². The largest absolute Gasteiger partial charge is 0.463 e. The number of para-hydroxylation sites is 1. The topological polar surface area (TPSA) is 28.4 Å². The number of anilines is 1. The molecule has 1 aromatic heterocycles. The van der Waals surface area contributed by atoms with Crippen LogP contribution in [0.3, 0.4) is 0 Å². The first kappa shape index (κ1) is 14.2. The van der Waals surface area contributed by atoms with Gasteiger partial charge in [-0.25, -0.2) is 0 Å². The SMILES string of the molecule is CCCNCc1ccc(CN2CCCc3ccccc32)o1. The molecular formula is C18H24N2O. The van der Waals surface area contributed by atoms with Gasteiger partial charge in [-0.15, -0.1) is 0 Å². The Bertz CT molecular complexity index is 576. The zero-order chi connectivity index (χ0) is 14.5. The lowest BCUT2D eigenvalue weighted by molar-refractivity contribution is 0.441.